The van der Waals surface area contributed by atoms with E-state index in [0.29, 0.717) is 11.4 Å². The van der Waals surface area contributed by atoms with Crippen LogP contribution in [0.25, 0.3) is 0 Å². The van der Waals surface area contributed by atoms with Gasteiger partial charge in [0.1, 0.15) is 0 Å². The molecule has 0 aliphatic heterocycles. The fourth-order valence-electron chi connectivity index (χ4n) is 2.49. The van der Waals surface area contributed by atoms with E-state index in [1.165, 1.54) is 22.3 Å². The molecule has 2 rings (SSSR count). The predicted octanol–water partition coefficient (Wildman–Crippen LogP) is 3.94. The van der Waals surface area contributed by atoms with Gasteiger partial charge < -0.3 is 5.11 Å². The highest BCUT2D eigenvalue weighted by molar-refractivity contribution is 6.31. The van der Waals surface area contributed by atoms with Gasteiger partial charge in [-0.05, 0) is 43.5 Å². The van der Waals surface area contributed by atoms with Gasteiger partial charge in [0.2, 0.25) is 0 Å². The molecular formula is C16H18ClNO. The molecule has 0 saturated heterocycles. The van der Waals surface area contributed by atoms with Gasteiger partial charge in [-0.25, -0.2) is 0 Å². The highest BCUT2D eigenvalue weighted by atomic mass is 35.5. The molecule has 1 N–H and O–H groups in total. The minimum Gasteiger partial charge on any atom is -0.388 e. The van der Waals surface area contributed by atoms with Crippen LogP contribution < -0.4 is 0 Å². The molecule has 1 aromatic heterocycles. The molecule has 1 unspecified atom stereocenters. The smallest absolute Gasteiger partial charge is 0.0846 e. The number of nitrogens with zero attached hydrogens (tertiary/aromatic N) is 1. The molecule has 3 heteroatoms. The zero-order valence-corrected chi connectivity index (χ0v) is 12.2. The lowest BCUT2D eigenvalue weighted by atomic mass is 9.93. The zero-order chi connectivity index (χ0) is 14.0. The van der Waals surface area contributed by atoms with Crippen molar-refractivity contribution < 1.29 is 5.11 Å². The van der Waals surface area contributed by atoms with E-state index in [4.69, 9.17) is 11.6 Å². The summed E-state index contributed by atoms with van der Waals surface area (Å²) in [6.45, 7) is 6.24. The molecule has 1 heterocycles. The van der Waals surface area contributed by atoms with Crippen LogP contribution in [0.3, 0.4) is 0 Å². The van der Waals surface area contributed by atoms with Crippen LogP contribution in [0.4, 0.5) is 0 Å². The lowest BCUT2D eigenvalue weighted by molar-refractivity contribution is 0.178. The molecule has 1 aromatic carbocycles. The Balaban J connectivity index is 2.29. The normalized spacial score (nSPS) is 12.5. The number of hydrogen-bond acceptors (Lipinski definition) is 2. The van der Waals surface area contributed by atoms with Crippen LogP contribution in [0.15, 0.2) is 30.6 Å². The molecule has 1 atom stereocenters. The molecular weight excluding hydrogens is 258 g/mol. The van der Waals surface area contributed by atoms with E-state index in [0.717, 1.165) is 5.56 Å². The zero-order valence-electron chi connectivity index (χ0n) is 11.4. The topological polar surface area (TPSA) is 33.1 Å². The Morgan fingerprint density at radius 3 is 2.42 bits per heavy atom. The van der Waals surface area contributed by atoms with Gasteiger partial charge in [-0.15, -0.1) is 0 Å². The number of rotatable bonds is 3. The fraction of sp³-hybridized carbons (Fsp3) is 0.312. The first-order chi connectivity index (χ1) is 8.99. The van der Waals surface area contributed by atoms with E-state index in [1.807, 2.05) is 0 Å². The number of aryl methyl sites for hydroxylation is 3. The van der Waals surface area contributed by atoms with Gasteiger partial charge in [-0.1, -0.05) is 29.3 Å². The van der Waals surface area contributed by atoms with Crippen molar-refractivity contribution in [2.45, 2.75) is 33.3 Å². The van der Waals surface area contributed by atoms with Crippen molar-refractivity contribution in [3.05, 3.63) is 63.4 Å². The Kier molecular flexibility index (Phi) is 4.23. The van der Waals surface area contributed by atoms with Crippen LogP contribution in [0.1, 0.15) is 33.9 Å². The van der Waals surface area contributed by atoms with Gasteiger partial charge >= 0.3 is 0 Å². The van der Waals surface area contributed by atoms with Crippen molar-refractivity contribution in [2.75, 3.05) is 0 Å². The monoisotopic (exact) mass is 275 g/mol. The number of hydrogen-bond donors (Lipinski definition) is 1. The van der Waals surface area contributed by atoms with Crippen molar-refractivity contribution in [2.24, 2.45) is 0 Å². The summed E-state index contributed by atoms with van der Waals surface area (Å²) in [6, 6.07) is 6.05. The van der Waals surface area contributed by atoms with Crippen LogP contribution in [-0.2, 0) is 6.42 Å². The van der Waals surface area contributed by atoms with Gasteiger partial charge in [0.05, 0.1) is 11.1 Å². The van der Waals surface area contributed by atoms with Crippen molar-refractivity contribution >= 4 is 11.6 Å². The first-order valence-electron chi connectivity index (χ1n) is 6.33. The molecule has 0 saturated carbocycles. The molecule has 0 amide bonds. The fourth-order valence-corrected chi connectivity index (χ4v) is 2.74. The minimum absolute atomic E-state index is 0.511. The predicted molar refractivity (Wildman–Crippen MR) is 78.6 cm³/mol. The number of benzene rings is 1. The largest absolute Gasteiger partial charge is 0.388 e. The number of aliphatic hydroxyl groups excluding tert-OH is 1. The van der Waals surface area contributed by atoms with E-state index in [9.17, 15) is 5.11 Å². The average molecular weight is 276 g/mol. The summed E-state index contributed by atoms with van der Waals surface area (Å²) in [7, 11) is 0. The second-order valence-electron chi connectivity index (χ2n) is 4.99. The molecule has 0 fully saturated rings. The quantitative estimate of drug-likeness (QED) is 0.920. The number of pyridine rings is 1. The van der Waals surface area contributed by atoms with Crippen molar-refractivity contribution in [3.8, 4) is 0 Å². The van der Waals surface area contributed by atoms with Gasteiger partial charge in [0, 0.05) is 24.4 Å². The second-order valence-corrected chi connectivity index (χ2v) is 5.40. The average Bonchev–Trinajstić information content (AvgIpc) is 2.34. The molecule has 0 radical (unpaired) electrons. The van der Waals surface area contributed by atoms with Crippen molar-refractivity contribution in [1.29, 1.82) is 0 Å². The molecule has 2 aromatic rings. The third-order valence-electron chi connectivity index (χ3n) is 3.40. The Morgan fingerprint density at radius 1 is 1.21 bits per heavy atom. The van der Waals surface area contributed by atoms with Gasteiger partial charge in [0.15, 0.2) is 0 Å². The van der Waals surface area contributed by atoms with E-state index >= 15 is 0 Å². The van der Waals surface area contributed by atoms with E-state index in [2.05, 4.69) is 37.9 Å². The van der Waals surface area contributed by atoms with Gasteiger partial charge in [0.25, 0.3) is 0 Å². The van der Waals surface area contributed by atoms with Crippen LogP contribution in [0.5, 0.6) is 0 Å². The third kappa shape index (κ3) is 3.14. The SMILES string of the molecule is Cc1cc(C)c(CC(O)c2ccncc2Cl)c(C)c1. The summed E-state index contributed by atoms with van der Waals surface area (Å²) in [4.78, 5) is 3.94. The lowest BCUT2D eigenvalue weighted by Crippen LogP contribution is -2.06. The van der Waals surface area contributed by atoms with E-state index < -0.39 is 6.10 Å². The maximum atomic E-state index is 10.4. The highest BCUT2D eigenvalue weighted by Crippen LogP contribution is 2.27. The maximum absolute atomic E-state index is 10.4. The Bertz CT molecular complexity index is 572. The Morgan fingerprint density at radius 2 is 1.84 bits per heavy atom. The van der Waals surface area contributed by atoms with Crippen LogP contribution in [0.2, 0.25) is 5.02 Å². The first-order valence-corrected chi connectivity index (χ1v) is 6.71. The molecule has 2 nitrogen and oxygen atoms in total. The highest BCUT2D eigenvalue weighted by Gasteiger charge is 2.15. The molecule has 0 bridgehead atoms. The van der Waals surface area contributed by atoms with Crippen LogP contribution in [-0.4, -0.2) is 10.1 Å². The van der Waals surface area contributed by atoms with Gasteiger partial charge in [-0.3, -0.25) is 4.98 Å². The van der Waals surface area contributed by atoms with Crippen molar-refractivity contribution in [1.82, 2.24) is 4.98 Å². The molecule has 100 valence electrons. The number of halogens is 1. The molecule has 0 spiro atoms. The second kappa shape index (κ2) is 5.72. The minimum atomic E-state index is -0.601. The number of aliphatic hydroxyl groups is 1. The van der Waals surface area contributed by atoms with E-state index in [-0.39, 0.29) is 0 Å². The summed E-state index contributed by atoms with van der Waals surface area (Å²) in [5.41, 5.74) is 5.58. The summed E-state index contributed by atoms with van der Waals surface area (Å²) in [6.07, 6.45) is 3.19. The molecule has 19 heavy (non-hydrogen) atoms. The van der Waals surface area contributed by atoms with Gasteiger partial charge in [-0.2, -0.15) is 0 Å². The van der Waals surface area contributed by atoms with Crippen LogP contribution >= 0.6 is 11.6 Å². The van der Waals surface area contributed by atoms with E-state index in [1.54, 1.807) is 18.5 Å². The summed E-state index contributed by atoms with van der Waals surface area (Å²) in [5.74, 6) is 0. The lowest BCUT2D eigenvalue weighted by Gasteiger charge is -2.16. The molecule has 0 aliphatic carbocycles. The summed E-state index contributed by atoms with van der Waals surface area (Å²) in [5, 5.41) is 10.9. The standard InChI is InChI=1S/C16H18ClNO/c1-10-6-11(2)14(12(3)7-10)8-16(19)13-4-5-18-9-15(13)17/h4-7,9,16,19H,8H2,1-3H3. The molecule has 0 aliphatic rings. The maximum Gasteiger partial charge on any atom is 0.0846 e. The Labute approximate surface area is 119 Å². The summed E-state index contributed by atoms with van der Waals surface area (Å²) < 4.78 is 0. The number of aromatic nitrogens is 1. The Hall–Kier alpha value is -1.38. The third-order valence-corrected chi connectivity index (χ3v) is 3.72. The first kappa shape index (κ1) is 14.0. The van der Waals surface area contributed by atoms with Crippen molar-refractivity contribution in [3.63, 3.8) is 0 Å². The summed E-state index contributed by atoms with van der Waals surface area (Å²) >= 11 is 6.07. The van der Waals surface area contributed by atoms with Crippen LogP contribution in [0, 0.1) is 20.8 Å².